The number of rotatable bonds is 6. The second-order valence-corrected chi connectivity index (χ2v) is 6.13. The Morgan fingerprint density at radius 2 is 1.93 bits per heavy atom. The molecular weight excluding hydrogens is 390 g/mol. The minimum absolute atomic E-state index is 0.224. The van der Waals surface area contributed by atoms with E-state index in [0.717, 1.165) is 5.69 Å². The maximum absolute atomic E-state index is 11.8. The lowest BCUT2D eigenvalue weighted by atomic mass is 10.2. The fourth-order valence-corrected chi connectivity index (χ4v) is 2.25. The summed E-state index contributed by atoms with van der Waals surface area (Å²) in [5.74, 6) is 0.402. The summed E-state index contributed by atoms with van der Waals surface area (Å²) in [5.41, 5.74) is 5.74. The second kappa shape index (κ2) is 10.3. The van der Waals surface area contributed by atoms with Gasteiger partial charge in [-0.1, -0.05) is 11.6 Å². The Morgan fingerprint density at radius 1 is 1.19 bits per heavy atom. The smallest absolute Gasteiger partial charge is 0.305 e. The number of carbonyl (C=O) groups is 2. The lowest BCUT2D eigenvalue weighted by molar-refractivity contribution is -0.140. The Bertz CT molecular complexity index is 833. The lowest BCUT2D eigenvalue weighted by Gasteiger charge is -2.10. The third-order valence-corrected chi connectivity index (χ3v) is 3.74. The largest absolute Gasteiger partial charge is 0.469 e. The summed E-state index contributed by atoms with van der Waals surface area (Å²) in [6.45, 7) is 0. The molecule has 9 heteroatoms. The third kappa shape index (κ3) is 7.51. The van der Waals surface area contributed by atoms with Crippen molar-refractivity contribution in [3.05, 3.63) is 59.0 Å². The number of halogens is 1. The van der Waals surface area contributed by atoms with E-state index in [0.29, 0.717) is 23.0 Å². The highest BCUT2D eigenvalue weighted by atomic mass is 35.5. The number of aryl methyl sites for hydroxylation is 1. The van der Waals surface area contributed by atoms with E-state index in [1.165, 1.54) is 19.3 Å². The summed E-state index contributed by atoms with van der Waals surface area (Å²) < 4.78 is 10.1. The van der Waals surface area contributed by atoms with Crippen molar-refractivity contribution < 1.29 is 18.7 Å². The predicted molar refractivity (Wildman–Crippen MR) is 107 cm³/mol. The van der Waals surface area contributed by atoms with E-state index in [1.54, 1.807) is 36.4 Å². The van der Waals surface area contributed by atoms with Crippen molar-refractivity contribution in [3.8, 4) is 0 Å². The summed E-state index contributed by atoms with van der Waals surface area (Å²) in [6, 6.07) is 10.4. The average molecular weight is 408 g/mol. The molecule has 0 bridgehead atoms. The van der Waals surface area contributed by atoms with Crippen molar-refractivity contribution in [1.82, 2.24) is 10.9 Å². The van der Waals surface area contributed by atoms with E-state index in [1.807, 2.05) is 0 Å². The molecule has 0 spiro atoms. The van der Waals surface area contributed by atoms with Gasteiger partial charge in [0.15, 0.2) is 5.11 Å². The number of benzene rings is 1. The van der Waals surface area contributed by atoms with Crippen molar-refractivity contribution in [2.45, 2.75) is 12.8 Å². The number of methoxy groups -OCH3 is 1. The number of esters is 1. The fourth-order valence-electron chi connectivity index (χ4n) is 1.96. The quantitative estimate of drug-likeness (QED) is 0.293. The Morgan fingerprint density at radius 3 is 2.63 bits per heavy atom. The molecule has 0 radical (unpaired) electrons. The van der Waals surface area contributed by atoms with Gasteiger partial charge in [0.1, 0.15) is 11.5 Å². The number of ether oxygens (including phenoxy) is 1. The van der Waals surface area contributed by atoms with Crippen molar-refractivity contribution >= 4 is 52.6 Å². The van der Waals surface area contributed by atoms with Crippen LogP contribution in [0.4, 0.5) is 5.69 Å². The fraction of sp³-hybridized carbons (Fsp3) is 0.167. The van der Waals surface area contributed by atoms with Crippen LogP contribution in [0.25, 0.3) is 6.08 Å². The monoisotopic (exact) mass is 407 g/mol. The van der Waals surface area contributed by atoms with Gasteiger partial charge in [0.2, 0.25) is 0 Å². The molecule has 27 heavy (non-hydrogen) atoms. The highest BCUT2D eigenvalue weighted by Crippen LogP contribution is 2.13. The summed E-state index contributed by atoms with van der Waals surface area (Å²) in [6.07, 6.45) is 3.46. The van der Waals surface area contributed by atoms with E-state index < -0.39 is 5.91 Å². The standard InChI is InChI=1S/C18H18ClN3O4S/c1-25-17(24)11-9-15-7-6-14(26-15)8-10-16(23)21-22-18(27)20-13-4-2-12(19)3-5-13/h2-8,10H,9,11H2,1H3,(H,21,23)(H2,20,22,27)/b10-8+. The number of furan rings is 1. The number of amides is 1. The van der Waals surface area contributed by atoms with Gasteiger partial charge in [-0.2, -0.15) is 0 Å². The van der Waals surface area contributed by atoms with E-state index in [-0.39, 0.29) is 17.5 Å². The first kappa shape index (κ1) is 20.5. The summed E-state index contributed by atoms with van der Waals surface area (Å²) in [5, 5.41) is 3.74. The zero-order valence-corrected chi connectivity index (χ0v) is 16.0. The molecule has 0 saturated heterocycles. The summed E-state index contributed by atoms with van der Waals surface area (Å²) in [4.78, 5) is 22.9. The van der Waals surface area contributed by atoms with Crippen LogP contribution in [0, 0.1) is 0 Å². The molecule has 1 aromatic heterocycles. The van der Waals surface area contributed by atoms with Crippen molar-refractivity contribution in [3.63, 3.8) is 0 Å². The van der Waals surface area contributed by atoms with Crippen molar-refractivity contribution in [2.75, 3.05) is 12.4 Å². The minimum atomic E-state index is -0.414. The van der Waals surface area contributed by atoms with E-state index >= 15 is 0 Å². The van der Waals surface area contributed by atoms with Gasteiger partial charge >= 0.3 is 5.97 Å². The molecule has 0 unspecified atom stereocenters. The topological polar surface area (TPSA) is 92.6 Å². The molecule has 142 valence electrons. The van der Waals surface area contributed by atoms with Crippen LogP contribution in [-0.4, -0.2) is 24.1 Å². The molecule has 1 amide bonds. The van der Waals surface area contributed by atoms with Crippen LogP contribution in [0.1, 0.15) is 17.9 Å². The molecule has 0 saturated carbocycles. The lowest BCUT2D eigenvalue weighted by Crippen LogP contribution is -2.43. The van der Waals surface area contributed by atoms with E-state index in [4.69, 9.17) is 28.2 Å². The Balaban J connectivity index is 1.74. The molecule has 0 fully saturated rings. The predicted octanol–water partition coefficient (Wildman–Crippen LogP) is 3.07. The number of hydrogen-bond acceptors (Lipinski definition) is 5. The Labute approximate surface area is 166 Å². The van der Waals surface area contributed by atoms with Gasteiger partial charge in [0.25, 0.3) is 5.91 Å². The minimum Gasteiger partial charge on any atom is -0.469 e. The first-order chi connectivity index (χ1) is 13.0. The molecule has 0 atom stereocenters. The van der Waals surface area contributed by atoms with Crippen LogP contribution >= 0.6 is 23.8 Å². The highest BCUT2D eigenvalue weighted by Gasteiger charge is 2.05. The Kier molecular flexibility index (Phi) is 7.84. The number of anilines is 1. The first-order valence-electron chi connectivity index (χ1n) is 7.92. The van der Waals surface area contributed by atoms with Gasteiger partial charge < -0.3 is 14.5 Å². The number of carbonyl (C=O) groups excluding carboxylic acids is 2. The molecule has 1 heterocycles. The molecule has 2 aromatic rings. The van der Waals surface area contributed by atoms with Crippen molar-refractivity contribution in [1.29, 1.82) is 0 Å². The molecule has 0 aliphatic carbocycles. The number of nitrogens with one attached hydrogen (secondary N) is 3. The number of hydrogen-bond donors (Lipinski definition) is 3. The van der Waals surface area contributed by atoms with Crippen LogP contribution in [-0.2, 0) is 20.7 Å². The maximum atomic E-state index is 11.8. The van der Waals surface area contributed by atoms with Crippen LogP contribution in [0.5, 0.6) is 0 Å². The van der Waals surface area contributed by atoms with Gasteiger partial charge in [0, 0.05) is 23.2 Å². The van der Waals surface area contributed by atoms with Gasteiger partial charge in [-0.3, -0.25) is 20.4 Å². The second-order valence-electron chi connectivity index (χ2n) is 5.29. The molecule has 7 nitrogen and oxygen atoms in total. The van der Waals surface area contributed by atoms with E-state index in [9.17, 15) is 9.59 Å². The van der Waals surface area contributed by atoms with Crippen LogP contribution in [0.3, 0.4) is 0 Å². The normalized spacial score (nSPS) is 10.4. The average Bonchev–Trinajstić information content (AvgIpc) is 3.12. The SMILES string of the molecule is COC(=O)CCc1ccc(/C=C/C(=O)NNC(=S)Nc2ccc(Cl)cc2)o1. The first-order valence-corrected chi connectivity index (χ1v) is 8.71. The van der Waals surface area contributed by atoms with Crippen molar-refractivity contribution in [2.24, 2.45) is 0 Å². The van der Waals surface area contributed by atoms with Gasteiger partial charge in [-0.05, 0) is 54.7 Å². The number of hydrazine groups is 1. The van der Waals surface area contributed by atoms with E-state index in [2.05, 4.69) is 20.9 Å². The summed E-state index contributed by atoms with van der Waals surface area (Å²) >= 11 is 10.9. The van der Waals surface area contributed by atoms with Gasteiger partial charge in [-0.15, -0.1) is 0 Å². The molecule has 3 N–H and O–H groups in total. The number of thiocarbonyl (C=S) groups is 1. The molecule has 2 rings (SSSR count). The molecule has 0 aliphatic rings. The summed E-state index contributed by atoms with van der Waals surface area (Å²) in [7, 11) is 1.34. The zero-order valence-electron chi connectivity index (χ0n) is 14.5. The van der Waals surface area contributed by atoms with Crippen LogP contribution in [0.2, 0.25) is 5.02 Å². The highest BCUT2D eigenvalue weighted by molar-refractivity contribution is 7.80. The maximum Gasteiger partial charge on any atom is 0.305 e. The molecule has 0 aliphatic heterocycles. The molecule has 1 aromatic carbocycles. The Hall–Kier alpha value is -2.84. The third-order valence-electron chi connectivity index (χ3n) is 3.29. The van der Waals surface area contributed by atoms with Gasteiger partial charge in [-0.25, -0.2) is 0 Å². The van der Waals surface area contributed by atoms with Crippen LogP contribution in [0.15, 0.2) is 46.9 Å². The van der Waals surface area contributed by atoms with Gasteiger partial charge in [0.05, 0.1) is 13.5 Å². The molecular formula is C18H18ClN3O4S. The van der Waals surface area contributed by atoms with Crippen LogP contribution < -0.4 is 16.2 Å². The zero-order chi connectivity index (χ0) is 19.6.